The van der Waals surface area contributed by atoms with Crippen molar-refractivity contribution in [3.8, 4) is 0 Å². The number of rotatable bonds is 9. The summed E-state index contributed by atoms with van der Waals surface area (Å²) in [6.45, 7) is 5.53. The monoisotopic (exact) mass is 534 g/mol. The zero-order valence-corrected chi connectivity index (χ0v) is 22.4. The van der Waals surface area contributed by atoms with E-state index in [-0.39, 0.29) is 17.8 Å². The van der Waals surface area contributed by atoms with E-state index in [1.807, 2.05) is 55.5 Å². The molecule has 0 aliphatic carbocycles. The minimum Gasteiger partial charge on any atom is -0.375 e. The van der Waals surface area contributed by atoms with Crippen LogP contribution in [-0.2, 0) is 11.2 Å². The zero-order chi connectivity index (χ0) is 26.0. The molecule has 2 N–H and O–H groups in total. The van der Waals surface area contributed by atoms with Gasteiger partial charge in [0.05, 0.1) is 10.6 Å². The molecule has 10 heteroatoms. The third-order valence-corrected chi connectivity index (χ3v) is 7.40. The van der Waals surface area contributed by atoms with E-state index in [0.717, 1.165) is 35.1 Å². The van der Waals surface area contributed by atoms with Gasteiger partial charge >= 0.3 is 0 Å². The number of aromatic nitrogens is 4. The molecular weight excluding hydrogens is 508 g/mol. The predicted octanol–water partition coefficient (Wildman–Crippen LogP) is 5.71. The number of ether oxygens (including phenoxy) is 1. The van der Waals surface area contributed by atoms with E-state index < -0.39 is 0 Å². The molecule has 0 spiro atoms. The summed E-state index contributed by atoms with van der Waals surface area (Å²) in [4.78, 5) is 25.3. The fraction of sp³-hybridized carbons (Fsp3) is 0.259. The first kappa shape index (κ1) is 25.3. The third-order valence-electron chi connectivity index (χ3n) is 6.19. The molecule has 4 aromatic rings. The van der Waals surface area contributed by atoms with E-state index in [9.17, 15) is 4.79 Å². The van der Waals surface area contributed by atoms with Crippen LogP contribution in [0.2, 0.25) is 5.02 Å². The number of hydrogen-bond donors (Lipinski definition) is 2. The quantitative estimate of drug-likeness (QED) is 0.208. The number of anilines is 3. The molecule has 2 aromatic carbocycles. The Morgan fingerprint density at radius 1 is 1.14 bits per heavy atom. The van der Waals surface area contributed by atoms with Gasteiger partial charge in [-0.25, -0.2) is 9.97 Å². The van der Waals surface area contributed by atoms with Crippen LogP contribution in [0.4, 0.5) is 17.5 Å². The number of methoxy groups -OCH3 is 1. The Labute approximate surface area is 224 Å². The molecule has 0 unspecified atom stereocenters. The van der Waals surface area contributed by atoms with Crippen LogP contribution in [0.1, 0.15) is 28.5 Å². The molecule has 0 radical (unpaired) electrons. The van der Waals surface area contributed by atoms with Crippen molar-refractivity contribution in [1.29, 1.82) is 0 Å². The standard InChI is InChI=1S/C27H27ClN6O2S/c1-17-12-24(33-32-17)29-23-14-25(34-15-27(2,16-34)36-3)31-26(30-23)37-19-10-8-18(9-11-19)13-22(35)20-6-4-5-7-21(20)28/h4-12,14H,13,15-16H2,1-3H3,(H2,29,30,31,32,33). The van der Waals surface area contributed by atoms with Gasteiger partial charge in [0.25, 0.3) is 0 Å². The molecule has 1 saturated heterocycles. The number of carbonyl (C=O) groups is 1. The van der Waals surface area contributed by atoms with Crippen molar-refractivity contribution in [1.82, 2.24) is 20.2 Å². The summed E-state index contributed by atoms with van der Waals surface area (Å²) in [6, 6.07) is 18.8. The highest BCUT2D eigenvalue weighted by atomic mass is 35.5. The SMILES string of the molecule is COC1(C)CN(c2cc(Nc3cc(C)[nH]n3)nc(Sc3ccc(CC(=O)c4ccccc4Cl)cc3)n2)C1. The molecule has 3 heterocycles. The van der Waals surface area contributed by atoms with Crippen molar-refractivity contribution in [2.75, 3.05) is 30.4 Å². The lowest BCUT2D eigenvalue weighted by atomic mass is 9.97. The smallest absolute Gasteiger partial charge is 0.196 e. The molecule has 0 amide bonds. The van der Waals surface area contributed by atoms with E-state index in [1.165, 1.54) is 11.8 Å². The molecule has 190 valence electrons. The van der Waals surface area contributed by atoms with E-state index in [4.69, 9.17) is 26.3 Å². The number of carbonyl (C=O) groups excluding carboxylic acids is 1. The molecule has 0 saturated carbocycles. The first-order valence-electron chi connectivity index (χ1n) is 11.8. The van der Waals surface area contributed by atoms with E-state index >= 15 is 0 Å². The molecular formula is C27H27ClN6O2S. The molecule has 2 aromatic heterocycles. The summed E-state index contributed by atoms with van der Waals surface area (Å²) in [7, 11) is 1.73. The van der Waals surface area contributed by atoms with Crippen LogP contribution in [0, 0.1) is 6.92 Å². The third kappa shape index (κ3) is 5.95. The Kier molecular flexibility index (Phi) is 7.19. The van der Waals surface area contributed by atoms with Gasteiger partial charge in [0, 0.05) is 54.9 Å². The first-order chi connectivity index (χ1) is 17.8. The van der Waals surface area contributed by atoms with Gasteiger partial charge in [-0.1, -0.05) is 35.9 Å². The van der Waals surface area contributed by atoms with E-state index in [2.05, 4.69) is 27.3 Å². The number of ketones is 1. The fourth-order valence-electron chi connectivity index (χ4n) is 4.10. The number of Topliss-reactive ketones (excluding diaryl/α,β-unsaturated/α-hetero) is 1. The minimum absolute atomic E-state index is 0.0102. The molecule has 5 rings (SSSR count). The van der Waals surface area contributed by atoms with Gasteiger partial charge < -0.3 is 15.0 Å². The van der Waals surface area contributed by atoms with E-state index in [1.54, 1.807) is 19.2 Å². The van der Waals surface area contributed by atoms with Gasteiger partial charge in [0.15, 0.2) is 16.8 Å². The van der Waals surface area contributed by atoms with Gasteiger partial charge in [0.1, 0.15) is 11.6 Å². The summed E-state index contributed by atoms with van der Waals surface area (Å²) < 4.78 is 5.60. The number of halogens is 1. The van der Waals surface area contributed by atoms with Gasteiger partial charge in [-0.05, 0) is 55.4 Å². The average Bonchev–Trinajstić information content (AvgIpc) is 3.27. The number of H-pyrrole nitrogens is 1. The van der Waals surface area contributed by atoms with Crippen LogP contribution >= 0.6 is 23.4 Å². The number of nitrogens with one attached hydrogen (secondary N) is 2. The van der Waals surface area contributed by atoms with Crippen LogP contribution in [0.3, 0.4) is 0 Å². The Balaban J connectivity index is 1.33. The highest BCUT2D eigenvalue weighted by Gasteiger charge is 2.39. The summed E-state index contributed by atoms with van der Waals surface area (Å²) in [5.74, 6) is 2.16. The Morgan fingerprint density at radius 3 is 2.57 bits per heavy atom. The second-order valence-corrected chi connectivity index (χ2v) is 10.7. The number of nitrogens with zero attached hydrogens (tertiary/aromatic N) is 4. The number of aryl methyl sites for hydroxylation is 1. The lowest BCUT2D eigenvalue weighted by Gasteiger charge is -2.47. The summed E-state index contributed by atoms with van der Waals surface area (Å²) in [5.41, 5.74) is 2.23. The van der Waals surface area contributed by atoms with Crippen molar-refractivity contribution >= 4 is 46.6 Å². The van der Waals surface area contributed by atoms with Crippen LogP contribution in [0.15, 0.2) is 70.7 Å². The second kappa shape index (κ2) is 10.5. The molecule has 1 aliphatic heterocycles. The largest absolute Gasteiger partial charge is 0.375 e. The topological polar surface area (TPSA) is 96.0 Å². The van der Waals surface area contributed by atoms with Gasteiger partial charge in [0.2, 0.25) is 0 Å². The molecule has 1 fully saturated rings. The minimum atomic E-state index is -0.178. The second-order valence-electron chi connectivity index (χ2n) is 9.29. The normalized spacial score (nSPS) is 14.3. The van der Waals surface area contributed by atoms with Crippen molar-refractivity contribution in [2.24, 2.45) is 0 Å². The van der Waals surface area contributed by atoms with Crippen molar-refractivity contribution in [2.45, 2.75) is 35.9 Å². The van der Waals surface area contributed by atoms with Crippen LogP contribution in [0.25, 0.3) is 0 Å². The summed E-state index contributed by atoms with van der Waals surface area (Å²) in [5, 5.41) is 11.5. The summed E-state index contributed by atoms with van der Waals surface area (Å²) in [6.07, 6.45) is 0.283. The molecule has 1 aliphatic rings. The molecule has 37 heavy (non-hydrogen) atoms. The van der Waals surface area contributed by atoms with E-state index in [0.29, 0.717) is 27.4 Å². The lowest BCUT2D eigenvalue weighted by Crippen LogP contribution is -2.61. The highest BCUT2D eigenvalue weighted by Crippen LogP contribution is 2.33. The Morgan fingerprint density at radius 2 is 1.89 bits per heavy atom. The van der Waals surface area contributed by atoms with Gasteiger partial charge in [-0.2, -0.15) is 5.10 Å². The lowest BCUT2D eigenvalue weighted by molar-refractivity contribution is -0.0172. The maximum absolute atomic E-state index is 12.7. The van der Waals surface area contributed by atoms with Crippen LogP contribution in [-0.4, -0.2) is 51.7 Å². The first-order valence-corrected chi connectivity index (χ1v) is 13.0. The number of aromatic amines is 1. The van der Waals surface area contributed by atoms with Crippen LogP contribution < -0.4 is 10.2 Å². The zero-order valence-electron chi connectivity index (χ0n) is 20.8. The Bertz CT molecular complexity index is 1420. The highest BCUT2D eigenvalue weighted by molar-refractivity contribution is 7.99. The number of benzene rings is 2. The molecule has 0 bridgehead atoms. The Hall–Kier alpha value is -3.40. The predicted molar refractivity (Wildman–Crippen MR) is 146 cm³/mol. The van der Waals surface area contributed by atoms with Crippen molar-refractivity contribution in [3.63, 3.8) is 0 Å². The maximum Gasteiger partial charge on any atom is 0.196 e. The molecule has 0 atom stereocenters. The summed E-state index contributed by atoms with van der Waals surface area (Å²) >= 11 is 7.64. The number of hydrogen-bond acceptors (Lipinski definition) is 8. The van der Waals surface area contributed by atoms with Crippen LogP contribution in [0.5, 0.6) is 0 Å². The average molecular weight is 535 g/mol. The van der Waals surface area contributed by atoms with Crippen molar-refractivity contribution in [3.05, 3.63) is 82.5 Å². The van der Waals surface area contributed by atoms with Gasteiger partial charge in [-0.15, -0.1) is 0 Å². The fourth-order valence-corrected chi connectivity index (χ4v) is 5.11. The maximum atomic E-state index is 12.7. The van der Waals surface area contributed by atoms with Crippen molar-refractivity contribution < 1.29 is 9.53 Å². The molecule has 8 nitrogen and oxygen atoms in total. The van der Waals surface area contributed by atoms with Gasteiger partial charge in [-0.3, -0.25) is 9.89 Å².